The van der Waals surface area contributed by atoms with Gasteiger partial charge in [0.25, 0.3) is 5.91 Å². The summed E-state index contributed by atoms with van der Waals surface area (Å²) in [5.41, 5.74) is 2.64. The number of aliphatic hydroxyl groups excluding tert-OH is 1. The molecular formula is C23H31ClN4O5. The third-order valence-electron chi connectivity index (χ3n) is 5.47. The first kappa shape index (κ1) is 25.2. The smallest absolute Gasteiger partial charge is 0.274 e. The molecular weight excluding hydrogens is 448 g/mol. The highest BCUT2D eigenvalue weighted by Crippen LogP contribution is 2.20. The first-order valence-electron chi connectivity index (χ1n) is 11.1. The summed E-state index contributed by atoms with van der Waals surface area (Å²) in [7, 11) is 0. The van der Waals surface area contributed by atoms with Crippen molar-refractivity contribution in [2.45, 2.75) is 38.4 Å². The highest BCUT2D eigenvalue weighted by molar-refractivity contribution is 6.29. The minimum atomic E-state index is -1.48. The average molecular weight is 479 g/mol. The number of nitrogens with one attached hydrogen (secondary N) is 1. The molecule has 2 atom stereocenters. The van der Waals surface area contributed by atoms with Crippen LogP contribution in [-0.4, -0.2) is 71.3 Å². The van der Waals surface area contributed by atoms with E-state index in [1.807, 2.05) is 43.3 Å². The maximum absolute atomic E-state index is 11.8. The van der Waals surface area contributed by atoms with Gasteiger partial charge in [-0.2, -0.15) is 5.06 Å². The molecule has 0 aliphatic carbocycles. The molecule has 10 heteroatoms. The summed E-state index contributed by atoms with van der Waals surface area (Å²) in [6, 6.07) is 13.3. The molecule has 1 aliphatic rings. The number of aryl methyl sites for hydroxylation is 1. The molecule has 2 aromatic rings. The molecule has 180 valence electrons. The lowest BCUT2D eigenvalue weighted by molar-refractivity contribution is -0.226. The van der Waals surface area contributed by atoms with Crippen LogP contribution >= 0.6 is 11.6 Å². The van der Waals surface area contributed by atoms with E-state index in [4.69, 9.17) is 26.4 Å². The van der Waals surface area contributed by atoms with Crippen LogP contribution in [0.3, 0.4) is 0 Å². The van der Waals surface area contributed by atoms with Gasteiger partial charge < -0.3 is 14.7 Å². The topological polar surface area (TPSA) is 107 Å². The van der Waals surface area contributed by atoms with Crippen molar-refractivity contribution >= 4 is 23.3 Å². The number of piperazine rings is 1. The van der Waals surface area contributed by atoms with Crippen molar-refractivity contribution in [2.75, 3.05) is 37.7 Å². The molecule has 9 nitrogen and oxygen atoms in total. The number of benzene rings is 1. The van der Waals surface area contributed by atoms with Crippen molar-refractivity contribution in [2.24, 2.45) is 0 Å². The van der Waals surface area contributed by atoms with Crippen LogP contribution in [-0.2, 0) is 16.1 Å². The number of carbonyl (C=O) groups excluding carboxylic acids is 1. The van der Waals surface area contributed by atoms with E-state index in [2.05, 4.69) is 9.88 Å². The van der Waals surface area contributed by atoms with E-state index >= 15 is 0 Å². The Morgan fingerprint density at radius 2 is 1.91 bits per heavy atom. The van der Waals surface area contributed by atoms with E-state index in [1.54, 1.807) is 11.1 Å². The van der Waals surface area contributed by atoms with Crippen molar-refractivity contribution in [3.63, 3.8) is 0 Å². The van der Waals surface area contributed by atoms with Crippen molar-refractivity contribution in [1.82, 2.24) is 15.5 Å². The zero-order chi connectivity index (χ0) is 23.6. The second-order valence-electron chi connectivity index (χ2n) is 7.77. The van der Waals surface area contributed by atoms with Gasteiger partial charge in [-0.3, -0.25) is 14.8 Å². The van der Waals surface area contributed by atoms with Crippen molar-refractivity contribution < 1.29 is 24.7 Å². The predicted molar refractivity (Wildman–Crippen MR) is 124 cm³/mol. The molecule has 0 bridgehead atoms. The zero-order valence-corrected chi connectivity index (χ0v) is 19.4. The van der Waals surface area contributed by atoms with Gasteiger partial charge in [-0.05, 0) is 56.0 Å². The summed E-state index contributed by atoms with van der Waals surface area (Å²) in [4.78, 5) is 24.3. The number of rotatable bonds is 11. The lowest BCUT2D eigenvalue weighted by Crippen LogP contribution is -2.51. The number of carbonyl (C=O) groups is 1. The van der Waals surface area contributed by atoms with Crippen molar-refractivity contribution in [1.29, 1.82) is 0 Å². The van der Waals surface area contributed by atoms with Crippen LogP contribution in [0, 0.1) is 0 Å². The van der Waals surface area contributed by atoms with Crippen LogP contribution in [0.4, 0.5) is 5.82 Å². The van der Waals surface area contributed by atoms with E-state index in [9.17, 15) is 9.90 Å². The number of pyridine rings is 1. The second-order valence-corrected chi connectivity index (χ2v) is 8.16. The minimum absolute atomic E-state index is 0.442. The Morgan fingerprint density at radius 1 is 1.18 bits per heavy atom. The number of hydrogen-bond acceptors (Lipinski definition) is 8. The molecule has 0 spiro atoms. The molecule has 1 aromatic carbocycles. The fourth-order valence-corrected chi connectivity index (χ4v) is 3.88. The summed E-state index contributed by atoms with van der Waals surface area (Å²) in [6.45, 7) is 5.01. The number of halogens is 1. The summed E-state index contributed by atoms with van der Waals surface area (Å²) < 4.78 is 5.46. The van der Waals surface area contributed by atoms with Gasteiger partial charge >= 0.3 is 0 Å². The van der Waals surface area contributed by atoms with Crippen molar-refractivity contribution in [3.05, 3.63) is 53.2 Å². The Labute approximate surface area is 198 Å². The number of anilines is 1. The number of hydrogen-bond donors (Lipinski definition) is 3. The van der Waals surface area contributed by atoms with E-state index in [0.29, 0.717) is 50.8 Å². The Morgan fingerprint density at radius 3 is 2.55 bits per heavy atom. The molecule has 3 N–H and O–H groups in total. The number of ether oxygens (including phenoxy) is 1. The van der Waals surface area contributed by atoms with Crippen LogP contribution in [0.1, 0.15) is 25.3 Å². The molecule has 1 aromatic heterocycles. The van der Waals surface area contributed by atoms with Gasteiger partial charge in [-0.15, -0.1) is 0 Å². The predicted octanol–water partition coefficient (Wildman–Crippen LogP) is 2.45. The monoisotopic (exact) mass is 478 g/mol. The summed E-state index contributed by atoms with van der Waals surface area (Å²) in [5.74, 6) is 0.737. The van der Waals surface area contributed by atoms with Crippen LogP contribution in [0.2, 0.25) is 5.15 Å². The van der Waals surface area contributed by atoms with E-state index in [1.165, 1.54) is 5.48 Å². The number of nitrogens with zero attached hydrogens (tertiary/aromatic N) is 3. The van der Waals surface area contributed by atoms with Crippen LogP contribution in [0.5, 0.6) is 5.75 Å². The quantitative estimate of drug-likeness (QED) is 0.257. The molecule has 33 heavy (non-hydrogen) atoms. The fraction of sp³-hybridized carbons (Fsp3) is 0.478. The number of aromatic nitrogens is 1. The summed E-state index contributed by atoms with van der Waals surface area (Å²) in [5, 5.41) is 21.5. The van der Waals surface area contributed by atoms with E-state index < -0.39 is 18.1 Å². The van der Waals surface area contributed by atoms with Crippen LogP contribution in [0.25, 0.3) is 0 Å². The van der Waals surface area contributed by atoms with Gasteiger partial charge in [0.15, 0.2) is 6.10 Å². The molecule has 1 fully saturated rings. The zero-order valence-electron chi connectivity index (χ0n) is 18.7. The van der Waals surface area contributed by atoms with Crippen LogP contribution in [0.15, 0.2) is 42.5 Å². The number of hydroxylamine groups is 3. The lowest BCUT2D eigenvalue weighted by Gasteiger charge is -2.37. The third kappa shape index (κ3) is 7.55. The van der Waals surface area contributed by atoms with Gasteiger partial charge in [0.1, 0.15) is 22.8 Å². The average Bonchev–Trinajstić information content (AvgIpc) is 2.84. The minimum Gasteiger partial charge on any atom is -0.494 e. The number of aliphatic hydroxyl groups is 1. The third-order valence-corrected chi connectivity index (χ3v) is 5.68. The first-order chi connectivity index (χ1) is 16.0. The highest BCUT2D eigenvalue weighted by atomic mass is 35.5. The fourth-order valence-electron chi connectivity index (χ4n) is 3.72. The highest BCUT2D eigenvalue weighted by Gasteiger charge is 2.30. The maximum Gasteiger partial charge on any atom is 0.274 e. The van der Waals surface area contributed by atoms with E-state index in [0.717, 1.165) is 23.6 Å². The van der Waals surface area contributed by atoms with E-state index in [-0.39, 0.29) is 0 Å². The Balaban J connectivity index is 1.53. The summed E-state index contributed by atoms with van der Waals surface area (Å²) >= 11 is 5.99. The molecule has 2 heterocycles. The number of amides is 1. The van der Waals surface area contributed by atoms with Gasteiger partial charge in [-0.1, -0.05) is 29.8 Å². The Kier molecular flexibility index (Phi) is 9.71. The van der Waals surface area contributed by atoms with Crippen molar-refractivity contribution in [3.8, 4) is 5.75 Å². The van der Waals surface area contributed by atoms with Gasteiger partial charge in [-0.25, -0.2) is 10.5 Å². The Bertz CT molecular complexity index is 877. The second kappa shape index (κ2) is 12.7. The molecule has 0 unspecified atom stereocenters. The molecule has 0 saturated carbocycles. The van der Waals surface area contributed by atoms with Gasteiger partial charge in [0.05, 0.1) is 6.61 Å². The molecule has 1 aliphatic heterocycles. The maximum atomic E-state index is 11.8. The first-order valence-corrected chi connectivity index (χ1v) is 11.5. The van der Waals surface area contributed by atoms with Gasteiger partial charge in [0, 0.05) is 26.2 Å². The molecule has 3 rings (SSSR count). The summed E-state index contributed by atoms with van der Waals surface area (Å²) in [6.07, 6.45) is -0.370. The van der Waals surface area contributed by atoms with Gasteiger partial charge in [0.2, 0.25) is 0 Å². The van der Waals surface area contributed by atoms with Crippen LogP contribution < -0.4 is 15.1 Å². The molecule has 0 radical (unpaired) electrons. The lowest BCUT2D eigenvalue weighted by atomic mass is 10.0. The molecule has 1 amide bonds. The largest absolute Gasteiger partial charge is 0.494 e. The Hall–Kier alpha value is -2.43. The molecule has 1 saturated heterocycles. The normalized spacial score (nSPS) is 16.3. The SMILES string of the molecule is CCOc1ccc(CCC[C@@H](ON2CCN(c3cccc(Cl)n3)CC2)[C@H](O)C(=O)NO)cc1. The standard InChI is InChI=1S/C23H31ClN4O5/c1-2-32-18-11-9-17(10-12-18)5-3-6-19(22(29)23(30)26-31)33-28-15-13-27(14-16-28)21-8-4-7-20(24)25-21/h4,7-12,19,22,29,31H,2-3,5-6,13-16H2,1H3,(H,26,30)/t19-,22+/m1/s1.